The molecule has 134 valence electrons. The van der Waals surface area contributed by atoms with Gasteiger partial charge in [0.15, 0.2) is 0 Å². The second-order valence-corrected chi connectivity index (χ2v) is 7.14. The van der Waals surface area contributed by atoms with Crippen LogP contribution >= 0.6 is 0 Å². The molecule has 8 nitrogen and oxygen atoms in total. The van der Waals surface area contributed by atoms with Crippen molar-refractivity contribution < 1.29 is 14.2 Å². The number of carbonyl (C=O) groups excluding carboxylic acids is 2. The lowest BCUT2D eigenvalue weighted by Crippen LogP contribution is -2.62. The van der Waals surface area contributed by atoms with Crippen LogP contribution in [-0.4, -0.2) is 74.6 Å². The molecule has 8 heteroatoms. The Kier molecular flexibility index (Phi) is 4.22. The monoisotopic (exact) mass is 345 g/mol. The Morgan fingerprint density at radius 2 is 1.96 bits per heavy atom. The molecular formula is C17H25N6O2+. The molecule has 0 aliphatic carbocycles. The van der Waals surface area contributed by atoms with Crippen LogP contribution in [0, 0.1) is 19.8 Å². The van der Waals surface area contributed by atoms with E-state index < -0.39 is 6.04 Å². The summed E-state index contributed by atoms with van der Waals surface area (Å²) >= 11 is 0. The van der Waals surface area contributed by atoms with Gasteiger partial charge in [-0.25, -0.2) is 9.37 Å². The Bertz CT molecular complexity index is 804. The first kappa shape index (κ1) is 17.3. The van der Waals surface area contributed by atoms with Crippen LogP contribution < -0.4 is 0 Å². The van der Waals surface area contributed by atoms with Gasteiger partial charge in [-0.1, -0.05) is 18.8 Å². The molecule has 0 bridgehead atoms. The minimum absolute atomic E-state index is 0.221. The molecule has 1 fully saturated rings. The smallest absolute Gasteiger partial charge is 0.270 e. The zero-order valence-corrected chi connectivity index (χ0v) is 15.6. The Hall–Kier alpha value is -2.51. The summed E-state index contributed by atoms with van der Waals surface area (Å²) in [5.74, 6) is 1.21. The number of nitrogens with zero attached hydrogens (tertiary/aromatic N) is 6. The Morgan fingerprint density at radius 1 is 1.28 bits per heavy atom. The van der Waals surface area contributed by atoms with Crippen LogP contribution in [0.4, 0.5) is 4.79 Å². The average molecular weight is 345 g/mol. The minimum Gasteiger partial charge on any atom is -0.270 e. The first-order valence-corrected chi connectivity index (χ1v) is 8.53. The third kappa shape index (κ3) is 2.75. The van der Waals surface area contributed by atoms with Crippen molar-refractivity contribution in [3.63, 3.8) is 0 Å². The van der Waals surface area contributed by atoms with Gasteiger partial charge in [0, 0.05) is 13.6 Å². The predicted molar refractivity (Wildman–Crippen MR) is 93.8 cm³/mol. The van der Waals surface area contributed by atoms with Gasteiger partial charge in [-0.2, -0.15) is 0 Å². The lowest BCUT2D eigenvalue weighted by Gasteiger charge is -2.33. The Labute approximate surface area is 147 Å². The quantitative estimate of drug-likeness (QED) is 0.769. The van der Waals surface area contributed by atoms with Gasteiger partial charge in [-0.15, -0.1) is 9.78 Å². The van der Waals surface area contributed by atoms with Gasteiger partial charge in [0.1, 0.15) is 5.69 Å². The molecule has 1 aromatic heterocycles. The number of fused-ring (bicyclic) bond motifs is 1. The van der Waals surface area contributed by atoms with E-state index in [0.29, 0.717) is 24.3 Å². The van der Waals surface area contributed by atoms with Crippen LogP contribution in [0.5, 0.6) is 0 Å². The summed E-state index contributed by atoms with van der Waals surface area (Å²) < 4.78 is 3.51. The molecule has 2 aliphatic heterocycles. The second kappa shape index (κ2) is 6.09. The number of amides is 3. The summed E-state index contributed by atoms with van der Waals surface area (Å²) in [5.41, 5.74) is 1.81. The zero-order chi connectivity index (χ0) is 18.5. The summed E-state index contributed by atoms with van der Waals surface area (Å²) in [6.07, 6.45) is 0.780. The predicted octanol–water partition coefficient (Wildman–Crippen LogP) is 1.07. The van der Waals surface area contributed by atoms with E-state index in [-0.39, 0.29) is 11.9 Å². The highest BCUT2D eigenvalue weighted by Gasteiger charge is 2.52. The molecule has 3 heterocycles. The van der Waals surface area contributed by atoms with Crippen molar-refractivity contribution >= 4 is 23.7 Å². The second-order valence-electron chi connectivity index (χ2n) is 7.14. The van der Waals surface area contributed by atoms with E-state index in [9.17, 15) is 9.59 Å². The Morgan fingerprint density at radius 3 is 2.52 bits per heavy atom. The topological polar surface area (TPSA) is 73.8 Å². The van der Waals surface area contributed by atoms with Crippen LogP contribution in [0.15, 0.2) is 11.1 Å². The number of aryl methyl sites for hydroxylation is 2. The molecule has 3 amide bonds. The number of imide groups is 1. The van der Waals surface area contributed by atoms with E-state index >= 15 is 0 Å². The van der Waals surface area contributed by atoms with Gasteiger partial charge >= 0.3 is 12.0 Å². The SMILES string of the molecule is Cc1cc(C)n(C2=[N+](C)C3C(=O)N(CCC(C)C)C(=O)N(C)C3=N2)n1. The van der Waals surface area contributed by atoms with Gasteiger partial charge in [0.25, 0.3) is 5.91 Å². The normalized spacial score (nSPS) is 20.8. The molecule has 25 heavy (non-hydrogen) atoms. The number of aromatic nitrogens is 2. The average Bonchev–Trinajstić information content (AvgIpc) is 3.04. The van der Waals surface area contributed by atoms with Crippen molar-refractivity contribution in [3.8, 4) is 0 Å². The molecule has 0 saturated carbocycles. The first-order valence-electron chi connectivity index (χ1n) is 8.53. The zero-order valence-electron chi connectivity index (χ0n) is 15.6. The van der Waals surface area contributed by atoms with Crippen LogP contribution in [-0.2, 0) is 4.79 Å². The van der Waals surface area contributed by atoms with Gasteiger partial charge in [0.05, 0.1) is 12.7 Å². The number of rotatable bonds is 3. The number of aliphatic imine (C=N–C) groups is 1. The molecule has 0 spiro atoms. The van der Waals surface area contributed by atoms with Crippen molar-refractivity contribution in [1.82, 2.24) is 19.6 Å². The summed E-state index contributed by atoms with van der Waals surface area (Å²) in [6, 6.07) is 1.05. The van der Waals surface area contributed by atoms with E-state index in [1.165, 1.54) is 9.80 Å². The molecule has 1 saturated heterocycles. The number of carbonyl (C=O) groups is 2. The summed E-state index contributed by atoms with van der Waals surface area (Å²) in [5, 5.41) is 4.45. The molecule has 1 atom stereocenters. The van der Waals surface area contributed by atoms with E-state index in [2.05, 4.69) is 23.9 Å². The number of likely N-dealkylation sites (N-methyl/N-ethyl adjacent to an activating group) is 2. The highest BCUT2D eigenvalue weighted by Crippen LogP contribution is 2.21. The number of urea groups is 1. The molecule has 0 radical (unpaired) electrons. The van der Waals surface area contributed by atoms with Gasteiger partial charge < -0.3 is 0 Å². The van der Waals surface area contributed by atoms with Crippen molar-refractivity contribution in [2.75, 3.05) is 20.6 Å². The van der Waals surface area contributed by atoms with E-state index in [0.717, 1.165) is 17.8 Å². The minimum atomic E-state index is -0.589. The van der Waals surface area contributed by atoms with Gasteiger partial charge in [-0.05, 0) is 32.3 Å². The fraction of sp³-hybridized carbons (Fsp3) is 0.588. The molecule has 1 aromatic rings. The number of hydrogen-bond acceptors (Lipinski definition) is 4. The van der Waals surface area contributed by atoms with E-state index in [1.807, 2.05) is 27.0 Å². The van der Waals surface area contributed by atoms with Crippen molar-refractivity contribution in [2.45, 2.75) is 40.2 Å². The maximum absolute atomic E-state index is 13.0. The third-order valence-corrected chi connectivity index (χ3v) is 4.65. The fourth-order valence-corrected chi connectivity index (χ4v) is 3.21. The Balaban J connectivity index is 1.99. The summed E-state index contributed by atoms with van der Waals surface area (Å²) in [7, 11) is 3.48. The molecule has 2 aliphatic rings. The highest BCUT2D eigenvalue weighted by atomic mass is 16.2. The van der Waals surface area contributed by atoms with Crippen molar-refractivity contribution in [2.24, 2.45) is 10.9 Å². The maximum Gasteiger partial charge on any atom is 0.421 e. The van der Waals surface area contributed by atoms with E-state index in [4.69, 9.17) is 0 Å². The van der Waals surface area contributed by atoms with Crippen LogP contribution in [0.1, 0.15) is 31.7 Å². The first-order chi connectivity index (χ1) is 11.7. The lowest BCUT2D eigenvalue weighted by molar-refractivity contribution is -0.507. The standard InChI is InChI=1S/C17H25N6O2/c1-10(2)7-8-22-15(24)13-14(21(6)17(22)25)18-16(20(13)5)23-12(4)9-11(3)19-23/h9-10,13H,7-8H2,1-6H3/q+1. The van der Waals surface area contributed by atoms with E-state index in [1.54, 1.807) is 16.3 Å². The molecule has 1 unspecified atom stereocenters. The van der Waals surface area contributed by atoms with Crippen LogP contribution in [0.3, 0.4) is 0 Å². The van der Waals surface area contributed by atoms with Crippen LogP contribution in [0.25, 0.3) is 0 Å². The third-order valence-electron chi connectivity index (χ3n) is 4.65. The van der Waals surface area contributed by atoms with Gasteiger partial charge in [-0.3, -0.25) is 14.6 Å². The largest absolute Gasteiger partial charge is 0.421 e. The van der Waals surface area contributed by atoms with Crippen molar-refractivity contribution in [1.29, 1.82) is 0 Å². The molecule has 3 rings (SSSR count). The summed E-state index contributed by atoms with van der Waals surface area (Å²) in [4.78, 5) is 33.0. The van der Waals surface area contributed by atoms with Crippen LogP contribution in [0.2, 0.25) is 0 Å². The highest BCUT2D eigenvalue weighted by molar-refractivity contribution is 6.22. The lowest BCUT2D eigenvalue weighted by atomic mass is 10.1. The molecular weight excluding hydrogens is 320 g/mol. The summed E-state index contributed by atoms with van der Waals surface area (Å²) in [6.45, 7) is 8.42. The number of hydrogen-bond donors (Lipinski definition) is 0. The molecule has 0 N–H and O–H groups in total. The number of amidine groups is 1. The van der Waals surface area contributed by atoms with Gasteiger partial charge in [0.2, 0.25) is 11.9 Å². The fourth-order valence-electron chi connectivity index (χ4n) is 3.21. The maximum atomic E-state index is 13.0. The van der Waals surface area contributed by atoms with Crippen molar-refractivity contribution in [3.05, 3.63) is 17.5 Å². The molecule has 0 aromatic carbocycles.